The van der Waals surface area contributed by atoms with Gasteiger partial charge in [-0.15, -0.1) is 0 Å². The third-order valence-corrected chi connectivity index (χ3v) is 5.21. The molecule has 1 fully saturated rings. The number of piperidine rings is 1. The molecule has 0 N–H and O–H groups in total. The Kier molecular flexibility index (Phi) is 4.51. The predicted molar refractivity (Wildman–Crippen MR) is 98.7 cm³/mol. The Morgan fingerprint density at radius 1 is 1.07 bits per heavy atom. The molecule has 28 heavy (non-hydrogen) atoms. The fraction of sp³-hybridized carbons (Fsp3) is 0.400. The third kappa shape index (κ3) is 3.31. The van der Waals surface area contributed by atoms with Crippen molar-refractivity contribution in [2.24, 2.45) is 5.92 Å². The molecule has 8 heteroatoms. The highest BCUT2D eigenvalue weighted by Crippen LogP contribution is 2.40. The van der Waals surface area contributed by atoms with E-state index in [1.807, 2.05) is 0 Å². The van der Waals surface area contributed by atoms with Crippen molar-refractivity contribution in [3.63, 3.8) is 0 Å². The van der Waals surface area contributed by atoms with Gasteiger partial charge in [-0.3, -0.25) is 0 Å². The lowest BCUT2D eigenvalue weighted by atomic mass is 9.99. The van der Waals surface area contributed by atoms with Crippen molar-refractivity contribution in [1.29, 1.82) is 0 Å². The molecule has 1 aliphatic heterocycles. The molecule has 3 aromatic rings. The highest BCUT2D eigenvalue weighted by Gasteiger charge is 2.39. The van der Waals surface area contributed by atoms with Crippen LogP contribution in [0.15, 0.2) is 30.3 Å². The zero-order chi connectivity index (χ0) is 20.1. The Bertz CT molecular complexity index is 1000. The van der Waals surface area contributed by atoms with Crippen LogP contribution < -0.4 is 4.90 Å². The quantitative estimate of drug-likeness (QED) is 0.569. The molecule has 0 saturated carbocycles. The Balaban J connectivity index is 1.96. The SMILES string of the molecule is Cc1cc(N2CCC(C)CC2)n2nc(C(F)(F)F)c(-c3ccc(F)cc3)c2n1. The van der Waals surface area contributed by atoms with Crippen molar-refractivity contribution in [1.82, 2.24) is 14.6 Å². The lowest BCUT2D eigenvalue weighted by molar-refractivity contribution is -0.140. The Morgan fingerprint density at radius 3 is 2.32 bits per heavy atom. The topological polar surface area (TPSA) is 33.4 Å². The molecule has 1 aromatic carbocycles. The molecule has 4 nitrogen and oxygen atoms in total. The first-order chi connectivity index (χ1) is 13.2. The van der Waals surface area contributed by atoms with Crippen LogP contribution in [-0.4, -0.2) is 27.7 Å². The summed E-state index contributed by atoms with van der Waals surface area (Å²) in [7, 11) is 0. The number of rotatable bonds is 2. The van der Waals surface area contributed by atoms with Crippen molar-refractivity contribution in [3.8, 4) is 11.1 Å². The first-order valence-corrected chi connectivity index (χ1v) is 9.22. The summed E-state index contributed by atoms with van der Waals surface area (Å²) < 4.78 is 56.0. The number of aromatic nitrogens is 3. The number of anilines is 1. The van der Waals surface area contributed by atoms with E-state index in [2.05, 4.69) is 21.9 Å². The number of alkyl halides is 3. The maximum atomic E-state index is 13.8. The highest BCUT2D eigenvalue weighted by molar-refractivity contribution is 5.81. The van der Waals surface area contributed by atoms with Gasteiger partial charge in [0.2, 0.25) is 0 Å². The molecule has 1 saturated heterocycles. The van der Waals surface area contributed by atoms with Crippen LogP contribution in [0.4, 0.5) is 23.4 Å². The normalized spacial score (nSPS) is 16.1. The minimum Gasteiger partial charge on any atom is -0.356 e. The summed E-state index contributed by atoms with van der Waals surface area (Å²) >= 11 is 0. The Morgan fingerprint density at radius 2 is 1.71 bits per heavy atom. The maximum Gasteiger partial charge on any atom is 0.435 e. The van der Waals surface area contributed by atoms with Crippen LogP contribution in [0.3, 0.4) is 0 Å². The van der Waals surface area contributed by atoms with E-state index >= 15 is 0 Å². The standard InChI is InChI=1S/C20H20F4N4/c1-12-7-9-27(10-8-12)16-11-13(2)25-19-17(14-3-5-15(21)6-4-14)18(20(22,23)24)26-28(16)19/h3-6,11-12H,7-10H2,1-2H3. The number of halogens is 4. The predicted octanol–water partition coefficient (Wildman–Crippen LogP) is 5.10. The third-order valence-electron chi connectivity index (χ3n) is 5.21. The highest BCUT2D eigenvalue weighted by atomic mass is 19.4. The summed E-state index contributed by atoms with van der Waals surface area (Å²) in [6, 6.07) is 6.70. The molecule has 0 spiro atoms. The second-order valence-electron chi connectivity index (χ2n) is 7.39. The first kappa shape index (κ1) is 18.7. The molecular formula is C20H20F4N4. The molecule has 0 bridgehead atoms. The van der Waals surface area contributed by atoms with Gasteiger partial charge in [0, 0.05) is 24.8 Å². The van der Waals surface area contributed by atoms with Crippen molar-refractivity contribution >= 4 is 11.5 Å². The molecule has 2 aromatic heterocycles. The zero-order valence-electron chi connectivity index (χ0n) is 15.6. The summed E-state index contributed by atoms with van der Waals surface area (Å²) in [5.41, 5.74) is -0.155. The van der Waals surface area contributed by atoms with E-state index in [-0.39, 0.29) is 16.8 Å². The number of hydrogen-bond donors (Lipinski definition) is 0. The number of aryl methyl sites for hydroxylation is 1. The van der Waals surface area contributed by atoms with Crippen LogP contribution in [0.1, 0.15) is 31.2 Å². The molecular weight excluding hydrogens is 372 g/mol. The van der Waals surface area contributed by atoms with E-state index in [1.54, 1.807) is 13.0 Å². The van der Waals surface area contributed by atoms with Gasteiger partial charge in [-0.1, -0.05) is 19.1 Å². The summed E-state index contributed by atoms with van der Waals surface area (Å²) in [6.45, 7) is 5.44. The Hall–Kier alpha value is -2.64. The monoisotopic (exact) mass is 392 g/mol. The van der Waals surface area contributed by atoms with E-state index < -0.39 is 17.7 Å². The molecule has 0 amide bonds. The molecule has 0 atom stereocenters. The van der Waals surface area contributed by atoms with Gasteiger partial charge in [0.25, 0.3) is 0 Å². The average molecular weight is 392 g/mol. The van der Waals surface area contributed by atoms with Gasteiger partial charge in [-0.25, -0.2) is 9.37 Å². The van der Waals surface area contributed by atoms with Crippen molar-refractivity contribution in [2.45, 2.75) is 32.9 Å². The summed E-state index contributed by atoms with van der Waals surface area (Å²) in [5.74, 6) is 0.683. The van der Waals surface area contributed by atoms with Crippen LogP contribution >= 0.6 is 0 Å². The van der Waals surface area contributed by atoms with Gasteiger partial charge in [-0.05, 0) is 43.4 Å². The number of hydrogen-bond acceptors (Lipinski definition) is 3. The molecule has 0 aliphatic carbocycles. The van der Waals surface area contributed by atoms with Gasteiger partial charge in [-0.2, -0.15) is 22.8 Å². The summed E-state index contributed by atoms with van der Waals surface area (Å²) in [4.78, 5) is 6.42. The van der Waals surface area contributed by atoms with E-state index in [1.165, 1.54) is 16.6 Å². The molecule has 0 radical (unpaired) electrons. The van der Waals surface area contributed by atoms with E-state index in [0.29, 0.717) is 17.4 Å². The fourth-order valence-corrected chi connectivity index (χ4v) is 3.66. The smallest absolute Gasteiger partial charge is 0.356 e. The van der Waals surface area contributed by atoms with E-state index in [0.717, 1.165) is 38.1 Å². The van der Waals surface area contributed by atoms with E-state index in [4.69, 9.17) is 0 Å². The fourth-order valence-electron chi connectivity index (χ4n) is 3.66. The van der Waals surface area contributed by atoms with Crippen LogP contribution in [0, 0.1) is 18.7 Å². The van der Waals surface area contributed by atoms with Crippen LogP contribution in [0.5, 0.6) is 0 Å². The minimum atomic E-state index is -4.65. The molecule has 4 rings (SSSR count). The summed E-state index contributed by atoms with van der Waals surface area (Å²) in [5, 5.41) is 3.91. The molecule has 0 unspecified atom stereocenters. The second kappa shape index (κ2) is 6.76. The van der Waals surface area contributed by atoms with Crippen LogP contribution in [0.25, 0.3) is 16.8 Å². The van der Waals surface area contributed by atoms with Gasteiger partial charge in [0.05, 0.1) is 5.56 Å². The maximum absolute atomic E-state index is 13.8. The number of benzene rings is 1. The van der Waals surface area contributed by atoms with Crippen LogP contribution in [0.2, 0.25) is 0 Å². The zero-order valence-corrected chi connectivity index (χ0v) is 15.6. The van der Waals surface area contributed by atoms with Gasteiger partial charge in [0.1, 0.15) is 11.6 Å². The number of nitrogens with zero attached hydrogens (tertiary/aromatic N) is 4. The lowest BCUT2D eigenvalue weighted by Gasteiger charge is -2.32. The van der Waals surface area contributed by atoms with Crippen LogP contribution in [-0.2, 0) is 6.18 Å². The average Bonchev–Trinajstić information content (AvgIpc) is 3.02. The van der Waals surface area contributed by atoms with Crippen molar-refractivity contribution in [3.05, 3.63) is 47.5 Å². The van der Waals surface area contributed by atoms with Gasteiger partial charge < -0.3 is 4.90 Å². The van der Waals surface area contributed by atoms with Gasteiger partial charge in [0.15, 0.2) is 11.3 Å². The van der Waals surface area contributed by atoms with E-state index in [9.17, 15) is 17.6 Å². The first-order valence-electron chi connectivity index (χ1n) is 9.22. The van der Waals surface area contributed by atoms with Gasteiger partial charge >= 0.3 is 6.18 Å². The Labute approximate surface area is 159 Å². The van der Waals surface area contributed by atoms with Crippen molar-refractivity contribution < 1.29 is 17.6 Å². The van der Waals surface area contributed by atoms with Crippen molar-refractivity contribution in [2.75, 3.05) is 18.0 Å². The molecule has 148 valence electrons. The lowest BCUT2D eigenvalue weighted by Crippen LogP contribution is -2.34. The second-order valence-corrected chi connectivity index (χ2v) is 7.39. The number of fused-ring (bicyclic) bond motifs is 1. The molecule has 3 heterocycles. The summed E-state index contributed by atoms with van der Waals surface area (Å²) in [6.07, 6.45) is -2.71. The largest absolute Gasteiger partial charge is 0.435 e. The molecule has 1 aliphatic rings. The minimum absolute atomic E-state index is 0.122.